The van der Waals surface area contributed by atoms with Gasteiger partial charge in [-0.05, 0) is 12.1 Å². The lowest BCUT2D eigenvalue weighted by atomic mass is 10.2. The first-order valence-corrected chi connectivity index (χ1v) is 6.33. The zero-order chi connectivity index (χ0) is 13.0. The maximum absolute atomic E-state index is 10.9. The molecule has 1 aromatic carbocycles. The van der Waals surface area contributed by atoms with Crippen molar-refractivity contribution in [2.24, 2.45) is 0 Å². The summed E-state index contributed by atoms with van der Waals surface area (Å²) in [5, 5.41) is 13.9. The van der Waals surface area contributed by atoms with Crippen LogP contribution in [0.5, 0.6) is 0 Å². The second-order valence-electron chi connectivity index (χ2n) is 3.87. The van der Waals surface area contributed by atoms with Gasteiger partial charge in [0.1, 0.15) is 5.69 Å². The Bertz CT molecular complexity index is 435. The summed E-state index contributed by atoms with van der Waals surface area (Å²) in [7, 11) is 0. The quantitative estimate of drug-likeness (QED) is 0.681. The van der Waals surface area contributed by atoms with E-state index >= 15 is 0 Å². The maximum Gasteiger partial charge on any atom is 0.293 e. The van der Waals surface area contributed by atoms with Crippen molar-refractivity contribution in [1.29, 1.82) is 0 Å². The molecule has 98 valence electrons. The van der Waals surface area contributed by atoms with Gasteiger partial charge in [0.15, 0.2) is 0 Å². The molecule has 1 fully saturated rings. The summed E-state index contributed by atoms with van der Waals surface area (Å²) in [6, 6.07) is 4.90. The van der Waals surface area contributed by atoms with Gasteiger partial charge >= 0.3 is 0 Å². The average Bonchev–Trinajstić information content (AvgIpc) is 2.38. The number of nitrogens with zero attached hydrogens (tertiary/aromatic N) is 1. The first-order chi connectivity index (χ1) is 8.66. The molecule has 0 bridgehead atoms. The molecule has 1 unspecified atom stereocenters. The number of hydrogen-bond acceptors (Lipinski definition) is 5. The Labute approximate surface area is 113 Å². The van der Waals surface area contributed by atoms with Crippen LogP contribution in [0, 0.1) is 10.1 Å². The predicted octanol–water partition coefficient (Wildman–Crippen LogP) is 2.18. The first-order valence-electron chi connectivity index (χ1n) is 5.54. The summed E-state index contributed by atoms with van der Waals surface area (Å²) in [6.07, 6.45) is -0.0676. The van der Waals surface area contributed by atoms with Crippen LogP contribution in [0.3, 0.4) is 0 Å². The van der Waals surface area contributed by atoms with Gasteiger partial charge in [-0.1, -0.05) is 15.9 Å². The summed E-state index contributed by atoms with van der Waals surface area (Å²) in [5.41, 5.74) is 0.526. The fourth-order valence-electron chi connectivity index (χ4n) is 1.68. The third-order valence-electron chi connectivity index (χ3n) is 2.56. The molecule has 1 aliphatic rings. The third-order valence-corrected chi connectivity index (χ3v) is 3.05. The van der Waals surface area contributed by atoms with Crippen molar-refractivity contribution in [2.75, 3.05) is 31.7 Å². The largest absolute Gasteiger partial charge is 0.377 e. The maximum atomic E-state index is 10.9. The van der Waals surface area contributed by atoms with Gasteiger partial charge in [0, 0.05) is 17.1 Å². The van der Waals surface area contributed by atoms with Gasteiger partial charge in [-0.3, -0.25) is 10.1 Å². The molecule has 2 rings (SSSR count). The number of hydrogen-bond donors (Lipinski definition) is 1. The van der Waals surface area contributed by atoms with Crippen molar-refractivity contribution in [3.05, 3.63) is 32.8 Å². The second kappa shape index (κ2) is 6.12. The van der Waals surface area contributed by atoms with Crippen LogP contribution in [-0.4, -0.2) is 37.4 Å². The van der Waals surface area contributed by atoms with E-state index in [-0.39, 0.29) is 11.8 Å². The van der Waals surface area contributed by atoms with E-state index in [0.717, 1.165) is 0 Å². The normalized spacial score (nSPS) is 19.5. The smallest absolute Gasteiger partial charge is 0.293 e. The minimum absolute atomic E-state index is 0.0427. The Morgan fingerprint density at radius 2 is 2.33 bits per heavy atom. The van der Waals surface area contributed by atoms with Gasteiger partial charge in [0.25, 0.3) is 5.69 Å². The Hall–Kier alpha value is -1.18. The van der Waals surface area contributed by atoms with E-state index in [0.29, 0.717) is 36.5 Å². The molecule has 1 atom stereocenters. The summed E-state index contributed by atoms with van der Waals surface area (Å²) < 4.78 is 11.4. The number of nitro groups is 1. The van der Waals surface area contributed by atoms with Crippen LogP contribution >= 0.6 is 15.9 Å². The number of benzene rings is 1. The lowest BCUT2D eigenvalue weighted by Gasteiger charge is -2.23. The van der Waals surface area contributed by atoms with Gasteiger partial charge in [-0.2, -0.15) is 0 Å². The topological polar surface area (TPSA) is 73.6 Å². The molecule has 0 aromatic heterocycles. The number of anilines is 1. The number of nitrogens with one attached hydrogen (secondary N) is 1. The molecular formula is C11H13BrN2O4. The molecule has 1 saturated heterocycles. The molecule has 1 heterocycles. The fraction of sp³-hybridized carbons (Fsp3) is 0.455. The Morgan fingerprint density at radius 1 is 1.50 bits per heavy atom. The first kappa shape index (κ1) is 13.3. The molecular weight excluding hydrogens is 304 g/mol. The molecule has 1 aromatic rings. The van der Waals surface area contributed by atoms with Crippen LogP contribution in [0.25, 0.3) is 0 Å². The van der Waals surface area contributed by atoms with Crippen LogP contribution in [0.4, 0.5) is 11.4 Å². The molecule has 0 saturated carbocycles. The number of halogens is 1. The molecule has 0 amide bonds. The zero-order valence-electron chi connectivity index (χ0n) is 9.60. The van der Waals surface area contributed by atoms with E-state index in [4.69, 9.17) is 9.47 Å². The van der Waals surface area contributed by atoms with Gasteiger partial charge < -0.3 is 14.8 Å². The van der Waals surface area contributed by atoms with Gasteiger partial charge in [0.05, 0.1) is 30.8 Å². The summed E-state index contributed by atoms with van der Waals surface area (Å²) in [4.78, 5) is 10.5. The molecule has 18 heavy (non-hydrogen) atoms. The lowest BCUT2D eigenvalue weighted by molar-refractivity contribution is -0.384. The van der Waals surface area contributed by atoms with E-state index in [9.17, 15) is 10.1 Å². The molecule has 1 N–H and O–H groups in total. The zero-order valence-corrected chi connectivity index (χ0v) is 11.2. The average molecular weight is 317 g/mol. The van der Waals surface area contributed by atoms with Crippen LogP contribution in [0.15, 0.2) is 22.7 Å². The van der Waals surface area contributed by atoms with Gasteiger partial charge in [0.2, 0.25) is 0 Å². The SMILES string of the molecule is O=[N+]([O-])c1cc(Br)ccc1NCC1COCCO1. The van der Waals surface area contributed by atoms with Gasteiger partial charge in [-0.25, -0.2) is 0 Å². The van der Waals surface area contributed by atoms with Crippen molar-refractivity contribution < 1.29 is 14.4 Å². The molecule has 0 aliphatic carbocycles. The predicted molar refractivity (Wildman–Crippen MR) is 69.8 cm³/mol. The number of rotatable bonds is 4. The van der Waals surface area contributed by atoms with E-state index in [1.54, 1.807) is 12.1 Å². The standard InChI is InChI=1S/C11H13BrN2O4/c12-8-1-2-10(11(5-8)14(15)16)13-6-9-7-17-3-4-18-9/h1-2,5,9,13H,3-4,6-7H2. The summed E-state index contributed by atoms with van der Waals surface area (Å²) >= 11 is 3.22. The second-order valence-corrected chi connectivity index (χ2v) is 4.78. The van der Waals surface area contributed by atoms with Crippen molar-refractivity contribution >= 4 is 27.3 Å². The molecule has 7 heteroatoms. The van der Waals surface area contributed by atoms with Crippen LogP contribution in [0.2, 0.25) is 0 Å². The summed E-state index contributed by atoms with van der Waals surface area (Å²) in [5.74, 6) is 0. The van der Waals surface area contributed by atoms with Crippen molar-refractivity contribution in [3.63, 3.8) is 0 Å². The highest BCUT2D eigenvalue weighted by atomic mass is 79.9. The molecule has 0 radical (unpaired) electrons. The monoisotopic (exact) mass is 316 g/mol. The van der Waals surface area contributed by atoms with Crippen LogP contribution < -0.4 is 5.32 Å². The van der Waals surface area contributed by atoms with Gasteiger partial charge in [-0.15, -0.1) is 0 Å². The fourth-order valence-corrected chi connectivity index (χ4v) is 2.03. The van der Waals surface area contributed by atoms with E-state index < -0.39 is 4.92 Å². The Morgan fingerprint density at radius 3 is 3.00 bits per heavy atom. The van der Waals surface area contributed by atoms with E-state index in [2.05, 4.69) is 21.2 Å². The molecule has 6 nitrogen and oxygen atoms in total. The van der Waals surface area contributed by atoms with Crippen molar-refractivity contribution in [1.82, 2.24) is 0 Å². The van der Waals surface area contributed by atoms with E-state index in [1.807, 2.05) is 0 Å². The van der Waals surface area contributed by atoms with Crippen molar-refractivity contribution in [3.8, 4) is 0 Å². The number of ether oxygens (including phenoxy) is 2. The number of nitro benzene ring substituents is 1. The molecule has 0 spiro atoms. The van der Waals surface area contributed by atoms with Crippen molar-refractivity contribution in [2.45, 2.75) is 6.10 Å². The lowest BCUT2D eigenvalue weighted by Crippen LogP contribution is -2.34. The Kier molecular flexibility index (Phi) is 4.51. The summed E-state index contributed by atoms with van der Waals surface area (Å²) in [6.45, 7) is 2.17. The Balaban J connectivity index is 2.01. The minimum atomic E-state index is -0.411. The third kappa shape index (κ3) is 3.41. The highest BCUT2D eigenvalue weighted by Gasteiger charge is 2.17. The minimum Gasteiger partial charge on any atom is -0.377 e. The highest BCUT2D eigenvalue weighted by Crippen LogP contribution is 2.27. The van der Waals surface area contributed by atoms with Crippen LogP contribution in [0.1, 0.15) is 0 Å². The van der Waals surface area contributed by atoms with Crippen LogP contribution in [-0.2, 0) is 9.47 Å². The van der Waals surface area contributed by atoms with E-state index in [1.165, 1.54) is 6.07 Å². The molecule has 1 aliphatic heterocycles. The highest BCUT2D eigenvalue weighted by molar-refractivity contribution is 9.10.